The first-order valence-corrected chi connectivity index (χ1v) is 11.6. The number of rotatable bonds is 5. The summed E-state index contributed by atoms with van der Waals surface area (Å²) < 4.78 is 5.88. The van der Waals surface area contributed by atoms with E-state index in [0.717, 1.165) is 47.2 Å². The van der Waals surface area contributed by atoms with Crippen LogP contribution in [0.2, 0.25) is 0 Å². The van der Waals surface area contributed by atoms with E-state index in [1.54, 1.807) is 0 Å². The number of anilines is 1. The molecule has 6 heteroatoms. The van der Waals surface area contributed by atoms with E-state index in [1.165, 1.54) is 11.1 Å². The third-order valence-corrected chi connectivity index (χ3v) is 6.71. The van der Waals surface area contributed by atoms with Crippen LogP contribution in [0.15, 0.2) is 41.2 Å². The third kappa shape index (κ3) is 4.87. The van der Waals surface area contributed by atoms with E-state index in [2.05, 4.69) is 66.3 Å². The van der Waals surface area contributed by atoms with Gasteiger partial charge in [-0.25, -0.2) is 0 Å². The molecule has 0 saturated carbocycles. The van der Waals surface area contributed by atoms with E-state index in [4.69, 9.17) is 17.0 Å². The number of hydrogen-bond acceptors (Lipinski definition) is 3. The first-order chi connectivity index (χ1) is 15.3. The van der Waals surface area contributed by atoms with E-state index in [9.17, 15) is 4.79 Å². The molecule has 1 saturated heterocycles. The number of fused-ring (bicyclic) bond motifs is 1. The zero-order chi connectivity index (χ0) is 22.8. The molecule has 1 aliphatic rings. The van der Waals surface area contributed by atoms with Gasteiger partial charge in [-0.1, -0.05) is 29.8 Å². The number of ether oxygens (including phenoxy) is 1. The minimum atomic E-state index is -0.0714. The van der Waals surface area contributed by atoms with E-state index in [0.29, 0.717) is 23.8 Å². The lowest BCUT2D eigenvalue weighted by molar-refractivity contribution is 0.0904. The second kappa shape index (κ2) is 9.43. The number of hydrogen-bond donors (Lipinski definition) is 2. The molecule has 2 heterocycles. The van der Waals surface area contributed by atoms with Gasteiger partial charge in [0, 0.05) is 24.4 Å². The molecule has 0 spiro atoms. The predicted molar refractivity (Wildman–Crippen MR) is 136 cm³/mol. The van der Waals surface area contributed by atoms with Crippen LogP contribution in [0.4, 0.5) is 5.69 Å². The maximum atomic E-state index is 13.0. The minimum absolute atomic E-state index is 0.0714. The van der Waals surface area contributed by atoms with Crippen molar-refractivity contribution in [1.82, 2.24) is 9.88 Å². The highest BCUT2D eigenvalue weighted by atomic mass is 32.1. The Kier molecular flexibility index (Phi) is 6.63. The van der Waals surface area contributed by atoms with Gasteiger partial charge in [-0.2, -0.15) is 0 Å². The van der Waals surface area contributed by atoms with Crippen LogP contribution in [0.3, 0.4) is 0 Å². The monoisotopic (exact) mass is 449 g/mol. The molecule has 3 aromatic rings. The van der Waals surface area contributed by atoms with E-state index >= 15 is 0 Å². The average Bonchev–Trinajstić information content (AvgIpc) is 3.26. The zero-order valence-electron chi connectivity index (χ0n) is 19.2. The van der Waals surface area contributed by atoms with Crippen LogP contribution in [0.1, 0.15) is 40.7 Å². The Labute approximate surface area is 194 Å². The summed E-state index contributed by atoms with van der Waals surface area (Å²) in [6.45, 7) is 10.1. The van der Waals surface area contributed by atoms with Crippen LogP contribution in [-0.4, -0.2) is 34.3 Å². The molecule has 1 aromatic heterocycles. The Morgan fingerprint density at radius 3 is 2.69 bits per heavy atom. The zero-order valence-corrected chi connectivity index (χ0v) is 20.1. The normalized spacial score (nSPS) is 15.8. The molecular weight excluding hydrogens is 418 g/mol. The van der Waals surface area contributed by atoms with Crippen LogP contribution >= 0.6 is 12.2 Å². The van der Waals surface area contributed by atoms with Gasteiger partial charge >= 0.3 is 0 Å². The molecule has 0 aliphatic carbocycles. The van der Waals surface area contributed by atoms with Crippen LogP contribution < -0.4 is 10.9 Å². The molecule has 2 N–H and O–H groups in total. The van der Waals surface area contributed by atoms with Crippen molar-refractivity contribution in [2.45, 2.75) is 53.2 Å². The summed E-state index contributed by atoms with van der Waals surface area (Å²) in [5.74, 6) is 0. The van der Waals surface area contributed by atoms with Crippen LogP contribution in [0, 0.1) is 27.7 Å². The SMILES string of the molecule is Cc1ccc(NC(=S)N(Cc2cc3ccc(C)c(C)c3[nH]c2=O)C[C@@H]2CCCO2)c(C)c1. The van der Waals surface area contributed by atoms with Crippen molar-refractivity contribution in [1.29, 1.82) is 0 Å². The summed E-state index contributed by atoms with van der Waals surface area (Å²) >= 11 is 5.81. The molecule has 1 fully saturated rings. The molecule has 1 aliphatic heterocycles. The summed E-state index contributed by atoms with van der Waals surface area (Å²) in [5, 5.41) is 5.03. The highest BCUT2D eigenvalue weighted by Crippen LogP contribution is 2.22. The standard InChI is InChI=1S/C26H31N3O2S/c1-16-7-10-23(18(3)12-16)27-26(32)29(15-22-6-5-11-31-22)14-21-13-20-9-8-17(2)19(4)24(20)28-25(21)30/h7-10,12-13,22H,5-6,11,14-15H2,1-4H3,(H,27,32)(H,28,30)/t22-/m0/s1. The molecule has 32 heavy (non-hydrogen) atoms. The topological polar surface area (TPSA) is 57.4 Å². The highest BCUT2D eigenvalue weighted by Gasteiger charge is 2.22. The van der Waals surface area contributed by atoms with Crippen LogP contribution in [0.25, 0.3) is 10.9 Å². The Morgan fingerprint density at radius 2 is 1.97 bits per heavy atom. The number of aromatic amines is 1. The summed E-state index contributed by atoms with van der Waals surface area (Å²) in [5.41, 5.74) is 7.13. The summed E-state index contributed by atoms with van der Waals surface area (Å²) in [6, 6.07) is 12.4. The third-order valence-electron chi connectivity index (χ3n) is 6.35. The van der Waals surface area contributed by atoms with Crippen LogP contribution in [-0.2, 0) is 11.3 Å². The summed E-state index contributed by atoms with van der Waals surface area (Å²) in [7, 11) is 0. The molecule has 1 atom stereocenters. The number of aromatic nitrogens is 1. The highest BCUT2D eigenvalue weighted by molar-refractivity contribution is 7.80. The fourth-order valence-corrected chi connectivity index (χ4v) is 4.54. The molecule has 2 aromatic carbocycles. The first kappa shape index (κ1) is 22.5. The van der Waals surface area contributed by atoms with Crippen molar-refractivity contribution in [3.8, 4) is 0 Å². The number of nitrogens with one attached hydrogen (secondary N) is 2. The smallest absolute Gasteiger partial charge is 0.253 e. The second-order valence-corrected chi connectivity index (χ2v) is 9.25. The summed E-state index contributed by atoms with van der Waals surface area (Å²) in [4.78, 5) is 18.1. The lowest BCUT2D eigenvalue weighted by atomic mass is 10.0. The molecular formula is C26H31N3O2S. The largest absolute Gasteiger partial charge is 0.376 e. The van der Waals surface area contributed by atoms with E-state index < -0.39 is 0 Å². The quantitative estimate of drug-likeness (QED) is 0.528. The molecule has 5 nitrogen and oxygen atoms in total. The molecule has 0 unspecified atom stereocenters. The van der Waals surface area contributed by atoms with Gasteiger partial charge in [0.15, 0.2) is 5.11 Å². The van der Waals surface area contributed by atoms with Crippen LogP contribution in [0.5, 0.6) is 0 Å². The fraction of sp³-hybridized carbons (Fsp3) is 0.385. The van der Waals surface area contributed by atoms with Gasteiger partial charge in [0.2, 0.25) is 0 Å². The Morgan fingerprint density at radius 1 is 1.16 bits per heavy atom. The Hall–Kier alpha value is -2.70. The molecule has 0 amide bonds. The Balaban J connectivity index is 1.63. The van der Waals surface area contributed by atoms with Crippen molar-refractivity contribution in [2.75, 3.05) is 18.5 Å². The number of H-pyrrole nitrogens is 1. The fourth-order valence-electron chi connectivity index (χ4n) is 4.29. The van der Waals surface area contributed by atoms with Crippen molar-refractivity contribution in [3.05, 3.63) is 74.6 Å². The van der Waals surface area contributed by atoms with Gasteiger partial charge in [0.1, 0.15) is 0 Å². The average molecular weight is 450 g/mol. The predicted octanol–water partition coefficient (Wildman–Crippen LogP) is 5.14. The molecule has 0 bridgehead atoms. The van der Waals surface area contributed by atoms with Crippen molar-refractivity contribution in [2.24, 2.45) is 0 Å². The molecule has 168 valence electrons. The Bertz CT molecular complexity index is 1210. The van der Waals surface area contributed by atoms with Gasteiger partial charge in [0.05, 0.1) is 18.2 Å². The minimum Gasteiger partial charge on any atom is -0.376 e. The van der Waals surface area contributed by atoms with Gasteiger partial charge < -0.3 is 19.9 Å². The van der Waals surface area contributed by atoms with Crippen molar-refractivity contribution < 1.29 is 4.74 Å². The van der Waals surface area contributed by atoms with E-state index in [-0.39, 0.29) is 11.7 Å². The molecule has 0 radical (unpaired) electrons. The maximum absolute atomic E-state index is 13.0. The lowest BCUT2D eigenvalue weighted by Crippen LogP contribution is -2.40. The van der Waals surface area contributed by atoms with Crippen molar-refractivity contribution >= 4 is 33.9 Å². The lowest BCUT2D eigenvalue weighted by Gasteiger charge is -2.28. The number of thiocarbonyl (C=S) groups is 1. The first-order valence-electron chi connectivity index (χ1n) is 11.2. The molecule has 4 rings (SSSR count). The number of pyridine rings is 1. The van der Waals surface area contributed by atoms with E-state index in [1.807, 2.05) is 13.0 Å². The maximum Gasteiger partial charge on any atom is 0.253 e. The van der Waals surface area contributed by atoms with Gasteiger partial charge in [-0.05, 0) is 87.0 Å². The summed E-state index contributed by atoms with van der Waals surface area (Å²) in [6.07, 6.45) is 2.19. The van der Waals surface area contributed by atoms with Gasteiger partial charge in [-0.3, -0.25) is 4.79 Å². The van der Waals surface area contributed by atoms with Gasteiger partial charge in [-0.15, -0.1) is 0 Å². The van der Waals surface area contributed by atoms with Crippen molar-refractivity contribution in [3.63, 3.8) is 0 Å². The van der Waals surface area contributed by atoms with Gasteiger partial charge in [0.25, 0.3) is 5.56 Å². The number of aryl methyl sites for hydroxylation is 4. The second-order valence-electron chi connectivity index (χ2n) is 8.86. The number of benzene rings is 2. The number of nitrogens with zero attached hydrogens (tertiary/aromatic N) is 1.